The van der Waals surface area contributed by atoms with Gasteiger partial charge >= 0.3 is 0 Å². The van der Waals surface area contributed by atoms with Crippen LogP contribution in [0.25, 0.3) is 0 Å². The summed E-state index contributed by atoms with van der Waals surface area (Å²) in [6.45, 7) is 0. The Balaban J connectivity index is 1.52. The second kappa shape index (κ2) is 4.77. The van der Waals surface area contributed by atoms with E-state index in [1.165, 1.54) is 37.7 Å². The molecule has 0 spiro atoms. The first-order valence-electron chi connectivity index (χ1n) is 6.95. The molecule has 0 amide bonds. The number of hydrogen-bond acceptors (Lipinski definition) is 2. The molecule has 0 saturated heterocycles. The van der Waals surface area contributed by atoms with Gasteiger partial charge in [-0.25, -0.2) is 0 Å². The summed E-state index contributed by atoms with van der Waals surface area (Å²) < 4.78 is 0. The van der Waals surface area contributed by atoms with E-state index in [-0.39, 0.29) is 0 Å². The zero-order valence-corrected chi connectivity index (χ0v) is 10.4. The van der Waals surface area contributed by atoms with Gasteiger partial charge in [-0.15, -0.1) is 0 Å². The number of nitrogens with two attached hydrogens (primary N) is 1. The van der Waals surface area contributed by atoms with E-state index in [4.69, 9.17) is 5.73 Å². The monoisotopic (exact) mass is 230 g/mol. The third-order valence-corrected chi connectivity index (χ3v) is 4.74. The largest absolute Gasteiger partial charge is 0.327 e. The number of aromatic nitrogens is 1. The number of rotatable bonds is 4. The molecule has 2 N–H and O–H groups in total. The summed E-state index contributed by atoms with van der Waals surface area (Å²) in [5.74, 6) is 2.97. The van der Waals surface area contributed by atoms with Crippen molar-refractivity contribution in [3.63, 3.8) is 0 Å². The first-order chi connectivity index (χ1) is 8.31. The van der Waals surface area contributed by atoms with Gasteiger partial charge in [0.2, 0.25) is 0 Å². The van der Waals surface area contributed by atoms with Gasteiger partial charge in [0.1, 0.15) is 0 Å². The number of pyridine rings is 1. The highest BCUT2D eigenvalue weighted by Gasteiger charge is 2.39. The Kier molecular flexibility index (Phi) is 3.15. The van der Waals surface area contributed by atoms with Crippen LogP contribution in [0, 0.1) is 17.8 Å². The topological polar surface area (TPSA) is 38.9 Å². The molecule has 1 aromatic rings. The molecule has 2 nitrogen and oxygen atoms in total. The van der Waals surface area contributed by atoms with Crippen LogP contribution in [0.5, 0.6) is 0 Å². The normalized spacial score (nSPS) is 32.9. The maximum absolute atomic E-state index is 6.30. The lowest BCUT2D eigenvalue weighted by Crippen LogP contribution is -2.28. The molecule has 3 rings (SSSR count). The van der Waals surface area contributed by atoms with Gasteiger partial charge in [0.15, 0.2) is 0 Å². The van der Waals surface area contributed by atoms with Crippen molar-refractivity contribution >= 4 is 0 Å². The van der Waals surface area contributed by atoms with Crippen LogP contribution in [0.2, 0.25) is 0 Å². The van der Waals surface area contributed by atoms with Gasteiger partial charge in [-0.3, -0.25) is 4.98 Å². The summed E-state index contributed by atoms with van der Waals surface area (Å²) >= 11 is 0. The van der Waals surface area contributed by atoms with Crippen molar-refractivity contribution in [3.05, 3.63) is 30.1 Å². The highest BCUT2D eigenvalue weighted by Crippen LogP contribution is 2.49. The van der Waals surface area contributed by atoms with E-state index in [9.17, 15) is 0 Å². The van der Waals surface area contributed by atoms with Crippen LogP contribution in [0.4, 0.5) is 0 Å². The van der Waals surface area contributed by atoms with Crippen molar-refractivity contribution in [2.45, 2.75) is 44.6 Å². The second-order valence-electron chi connectivity index (χ2n) is 5.99. The van der Waals surface area contributed by atoms with E-state index in [1.807, 2.05) is 12.4 Å². The lowest BCUT2D eigenvalue weighted by Gasteiger charge is -2.24. The number of fused-ring (bicyclic) bond motifs is 2. The van der Waals surface area contributed by atoms with Crippen LogP contribution in [0.15, 0.2) is 24.5 Å². The molecule has 1 aromatic heterocycles. The third kappa shape index (κ3) is 2.52. The van der Waals surface area contributed by atoms with Gasteiger partial charge in [-0.2, -0.15) is 0 Å². The molecule has 4 unspecified atom stereocenters. The molecule has 2 aliphatic carbocycles. The Labute approximate surface area is 104 Å². The predicted octanol–water partition coefficient (Wildman–Crippen LogP) is 2.78. The van der Waals surface area contributed by atoms with E-state index in [0.29, 0.717) is 6.04 Å². The molecular formula is C15H22N2. The molecule has 2 bridgehead atoms. The summed E-state index contributed by atoms with van der Waals surface area (Å²) in [6.07, 6.45) is 11.9. The van der Waals surface area contributed by atoms with E-state index in [0.717, 1.165) is 24.2 Å². The Bertz CT molecular complexity index is 362. The van der Waals surface area contributed by atoms with Crippen LogP contribution < -0.4 is 5.73 Å². The lowest BCUT2D eigenvalue weighted by atomic mass is 9.83. The van der Waals surface area contributed by atoms with Crippen molar-refractivity contribution in [1.29, 1.82) is 0 Å². The fourth-order valence-electron chi connectivity index (χ4n) is 3.96. The molecule has 2 fully saturated rings. The SMILES string of the molecule is NC(Cc1ccncc1)CC1CC2CCC1C2. The van der Waals surface area contributed by atoms with Crippen molar-refractivity contribution in [2.75, 3.05) is 0 Å². The van der Waals surface area contributed by atoms with Crippen LogP contribution in [0.3, 0.4) is 0 Å². The quantitative estimate of drug-likeness (QED) is 0.864. The molecule has 2 heteroatoms. The lowest BCUT2D eigenvalue weighted by molar-refractivity contribution is 0.294. The van der Waals surface area contributed by atoms with Crippen molar-refractivity contribution in [3.8, 4) is 0 Å². The molecular weight excluding hydrogens is 208 g/mol. The van der Waals surface area contributed by atoms with Gasteiger partial charge in [0.25, 0.3) is 0 Å². The summed E-state index contributed by atoms with van der Waals surface area (Å²) in [7, 11) is 0. The number of nitrogens with zero attached hydrogens (tertiary/aromatic N) is 1. The average Bonchev–Trinajstić information content (AvgIpc) is 2.92. The molecule has 0 aromatic carbocycles. The van der Waals surface area contributed by atoms with E-state index in [1.54, 1.807) is 0 Å². The zero-order chi connectivity index (χ0) is 11.7. The van der Waals surface area contributed by atoms with Crippen LogP contribution in [0.1, 0.15) is 37.7 Å². The minimum absolute atomic E-state index is 0.335. The smallest absolute Gasteiger partial charge is 0.0270 e. The summed E-state index contributed by atoms with van der Waals surface area (Å²) in [6, 6.07) is 4.50. The zero-order valence-electron chi connectivity index (χ0n) is 10.4. The molecule has 2 aliphatic rings. The minimum atomic E-state index is 0.335. The van der Waals surface area contributed by atoms with Gasteiger partial charge < -0.3 is 5.73 Å². The third-order valence-electron chi connectivity index (χ3n) is 4.74. The molecule has 0 radical (unpaired) electrons. The second-order valence-corrected chi connectivity index (χ2v) is 5.99. The van der Waals surface area contributed by atoms with E-state index < -0.39 is 0 Å². The highest BCUT2D eigenvalue weighted by atomic mass is 14.6. The van der Waals surface area contributed by atoms with Gasteiger partial charge in [-0.1, -0.05) is 6.42 Å². The van der Waals surface area contributed by atoms with Gasteiger partial charge in [-0.05, 0) is 67.6 Å². The fourth-order valence-corrected chi connectivity index (χ4v) is 3.96. The first-order valence-corrected chi connectivity index (χ1v) is 6.95. The fraction of sp³-hybridized carbons (Fsp3) is 0.667. The molecule has 17 heavy (non-hydrogen) atoms. The molecule has 2 saturated carbocycles. The van der Waals surface area contributed by atoms with Crippen LogP contribution >= 0.6 is 0 Å². The van der Waals surface area contributed by atoms with E-state index >= 15 is 0 Å². The number of hydrogen-bond donors (Lipinski definition) is 1. The Morgan fingerprint density at radius 2 is 2.06 bits per heavy atom. The van der Waals surface area contributed by atoms with Crippen LogP contribution in [-0.4, -0.2) is 11.0 Å². The maximum atomic E-state index is 6.30. The van der Waals surface area contributed by atoms with Crippen molar-refractivity contribution in [2.24, 2.45) is 23.5 Å². The minimum Gasteiger partial charge on any atom is -0.327 e. The highest BCUT2D eigenvalue weighted by molar-refractivity contribution is 5.11. The predicted molar refractivity (Wildman–Crippen MR) is 69.5 cm³/mol. The van der Waals surface area contributed by atoms with Gasteiger partial charge in [0.05, 0.1) is 0 Å². The van der Waals surface area contributed by atoms with Crippen LogP contribution in [-0.2, 0) is 6.42 Å². The van der Waals surface area contributed by atoms with Crippen molar-refractivity contribution in [1.82, 2.24) is 4.98 Å². The molecule has 4 atom stereocenters. The molecule has 92 valence electrons. The first kappa shape index (κ1) is 11.2. The van der Waals surface area contributed by atoms with Crippen molar-refractivity contribution < 1.29 is 0 Å². The standard InChI is InChI=1S/C15H22N2/c16-15(9-11-3-5-17-6-4-11)10-14-8-12-1-2-13(14)7-12/h3-6,12-15H,1-2,7-10,16H2. The van der Waals surface area contributed by atoms with E-state index in [2.05, 4.69) is 17.1 Å². The Morgan fingerprint density at radius 3 is 2.71 bits per heavy atom. The summed E-state index contributed by atoms with van der Waals surface area (Å²) in [5, 5.41) is 0. The van der Waals surface area contributed by atoms with Gasteiger partial charge in [0, 0.05) is 18.4 Å². The summed E-state index contributed by atoms with van der Waals surface area (Å²) in [4.78, 5) is 4.05. The summed E-state index contributed by atoms with van der Waals surface area (Å²) in [5.41, 5.74) is 7.63. The molecule has 0 aliphatic heterocycles. The molecule has 1 heterocycles. The Hall–Kier alpha value is -0.890. The average molecular weight is 230 g/mol. The Morgan fingerprint density at radius 1 is 1.24 bits per heavy atom. The maximum Gasteiger partial charge on any atom is 0.0270 e.